The molecule has 1 aliphatic rings. The zero-order chi connectivity index (χ0) is 11.1. The van der Waals surface area contributed by atoms with E-state index in [1.165, 1.54) is 19.3 Å². The fourth-order valence-corrected chi connectivity index (χ4v) is 1.49. The third-order valence-electron chi connectivity index (χ3n) is 3.08. The Bertz CT molecular complexity index is 199. The summed E-state index contributed by atoms with van der Waals surface area (Å²) < 4.78 is 0. The molecule has 1 saturated carbocycles. The molecule has 0 aromatic rings. The highest BCUT2D eigenvalue weighted by molar-refractivity contribution is 5.77. The second kappa shape index (κ2) is 6.67. The minimum absolute atomic E-state index is 0.603. The maximum Gasteiger partial charge on any atom is 0.188 e. The first-order chi connectivity index (χ1) is 7.22. The summed E-state index contributed by atoms with van der Waals surface area (Å²) in [7, 11) is 2.10. The Balaban J connectivity index is 2.03. The summed E-state index contributed by atoms with van der Waals surface area (Å²) in [4.78, 5) is 6.58. The van der Waals surface area contributed by atoms with E-state index in [1.807, 2.05) is 0 Å². The zero-order valence-corrected chi connectivity index (χ0v) is 10.00. The maximum absolute atomic E-state index is 5.75. The number of guanidine groups is 1. The average Bonchev–Trinajstić information content (AvgIpc) is 2.15. The number of rotatable bonds is 6. The topological polar surface area (TPSA) is 53.6 Å². The molecule has 4 heteroatoms. The van der Waals surface area contributed by atoms with Crippen LogP contribution in [0.1, 0.15) is 26.2 Å². The SMILES string of the molecule is CCN(C)CCNC(N)=NCC1CCC1. The predicted octanol–water partition coefficient (Wildman–Crippen LogP) is 0.643. The van der Waals surface area contributed by atoms with Gasteiger partial charge in [0, 0.05) is 19.6 Å². The summed E-state index contributed by atoms with van der Waals surface area (Å²) in [5.41, 5.74) is 5.75. The lowest BCUT2D eigenvalue weighted by Gasteiger charge is -2.23. The van der Waals surface area contributed by atoms with Gasteiger partial charge in [-0.15, -0.1) is 0 Å². The first kappa shape index (κ1) is 12.3. The molecule has 0 unspecified atom stereocenters. The van der Waals surface area contributed by atoms with Gasteiger partial charge in [0.15, 0.2) is 5.96 Å². The van der Waals surface area contributed by atoms with Crippen LogP contribution >= 0.6 is 0 Å². The molecule has 0 saturated heterocycles. The number of likely N-dealkylation sites (N-methyl/N-ethyl adjacent to an activating group) is 1. The summed E-state index contributed by atoms with van der Waals surface area (Å²) in [6, 6.07) is 0. The highest BCUT2D eigenvalue weighted by Crippen LogP contribution is 2.26. The third-order valence-corrected chi connectivity index (χ3v) is 3.08. The van der Waals surface area contributed by atoms with Gasteiger partial charge in [-0.3, -0.25) is 4.99 Å². The highest BCUT2D eigenvalue weighted by Gasteiger charge is 2.16. The fraction of sp³-hybridized carbons (Fsp3) is 0.909. The van der Waals surface area contributed by atoms with E-state index < -0.39 is 0 Å². The number of hydrogen-bond acceptors (Lipinski definition) is 2. The van der Waals surface area contributed by atoms with Crippen molar-refractivity contribution >= 4 is 5.96 Å². The molecule has 1 rings (SSSR count). The van der Waals surface area contributed by atoms with Crippen molar-refractivity contribution in [3.8, 4) is 0 Å². The van der Waals surface area contributed by atoms with Crippen LogP contribution in [0.25, 0.3) is 0 Å². The Kier molecular flexibility index (Phi) is 5.47. The first-order valence-corrected chi connectivity index (χ1v) is 5.94. The molecule has 0 atom stereocenters. The molecule has 4 nitrogen and oxygen atoms in total. The summed E-state index contributed by atoms with van der Waals surface area (Å²) in [6.45, 7) is 6.01. The molecule has 0 heterocycles. The van der Waals surface area contributed by atoms with E-state index in [4.69, 9.17) is 5.73 Å². The molecule has 0 spiro atoms. The van der Waals surface area contributed by atoms with Gasteiger partial charge in [0.1, 0.15) is 0 Å². The van der Waals surface area contributed by atoms with Gasteiger partial charge in [-0.2, -0.15) is 0 Å². The minimum Gasteiger partial charge on any atom is -0.370 e. The van der Waals surface area contributed by atoms with E-state index >= 15 is 0 Å². The summed E-state index contributed by atoms with van der Waals surface area (Å²) in [6.07, 6.45) is 4.03. The molecule has 1 fully saturated rings. The molecule has 0 radical (unpaired) electrons. The third kappa shape index (κ3) is 5.02. The van der Waals surface area contributed by atoms with E-state index in [-0.39, 0.29) is 0 Å². The summed E-state index contributed by atoms with van der Waals surface area (Å²) in [5, 5.41) is 3.14. The molecular formula is C11H24N4. The molecule has 1 aliphatic carbocycles. The van der Waals surface area contributed by atoms with Crippen LogP contribution in [0.4, 0.5) is 0 Å². The molecule has 0 amide bonds. The van der Waals surface area contributed by atoms with Gasteiger partial charge >= 0.3 is 0 Å². The Morgan fingerprint density at radius 1 is 1.53 bits per heavy atom. The second-order valence-corrected chi connectivity index (χ2v) is 4.35. The fourth-order valence-electron chi connectivity index (χ4n) is 1.49. The largest absolute Gasteiger partial charge is 0.370 e. The zero-order valence-electron chi connectivity index (χ0n) is 10.00. The smallest absolute Gasteiger partial charge is 0.188 e. The van der Waals surface area contributed by atoms with Crippen LogP contribution in [0.5, 0.6) is 0 Å². The molecular weight excluding hydrogens is 188 g/mol. The lowest BCUT2D eigenvalue weighted by Crippen LogP contribution is -2.37. The van der Waals surface area contributed by atoms with Gasteiger partial charge in [0.2, 0.25) is 0 Å². The predicted molar refractivity (Wildman–Crippen MR) is 65.0 cm³/mol. The Labute approximate surface area is 92.9 Å². The number of aliphatic imine (C=N–C) groups is 1. The molecule has 0 aromatic heterocycles. The van der Waals surface area contributed by atoms with Gasteiger partial charge in [0.25, 0.3) is 0 Å². The van der Waals surface area contributed by atoms with Crippen molar-refractivity contribution in [3.63, 3.8) is 0 Å². The van der Waals surface area contributed by atoms with Crippen LogP contribution < -0.4 is 11.1 Å². The lowest BCUT2D eigenvalue weighted by atomic mass is 9.86. The van der Waals surface area contributed by atoms with Crippen molar-refractivity contribution in [1.29, 1.82) is 0 Å². The monoisotopic (exact) mass is 212 g/mol. The van der Waals surface area contributed by atoms with Crippen LogP contribution in [0.2, 0.25) is 0 Å². The van der Waals surface area contributed by atoms with Crippen molar-refractivity contribution in [2.75, 3.05) is 33.2 Å². The van der Waals surface area contributed by atoms with Gasteiger partial charge in [0.05, 0.1) is 0 Å². The number of nitrogens with zero attached hydrogens (tertiary/aromatic N) is 2. The molecule has 3 N–H and O–H groups in total. The summed E-state index contributed by atoms with van der Waals surface area (Å²) in [5.74, 6) is 1.40. The standard InChI is InChI=1S/C11H24N4/c1-3-15(2)8-7-13-11(12)14-9-10-5-4-6-10/h10H,3-9H2,1-2H3,(H3,12,13,14). The molecule has 0 aliphatic heterocycles. The molecule has 88 valence electrons. The van der Waals surface area contributed by atoms with E-state index in [0.29, 0.717) is 5.96 Å². The Morgan fingerprint density at radius 3 is 2.80 bits per heavy atom. The van der Waals surface area contributed by atoms with E-state index in [1.54, 1.807) is 0 Å². The van der Waals surface area contributed by atoms with Gasteiger partial charge in [-0.1, -0.05) is 13.3 Å². The van der Waals surface area contributed by atoms with E-state index in [2.05, 4.69) is 29.2 Å². The minimum atomic E-state index is 0.603. The Morgan fingerprint density at radius 2 is 2.27 bits per heavy atom. The van der Waals surface area contributed by atoms with Crippen molar-refractivity contribution < 1.29 is 0 Å². The summed E-state index contributed by atoms with van der Waals surface area (Å²) >= 11 is 0. The van der Waals surface area contributed by atoms with Crippen LogP contribution in [0.3, 0.4) is 0 Å². The lowest BCUT2D eigenvalue weighted by molar-refractivity contribution is 0.325. The molecule has 0 bridgehead atoms. The normalized spacial score (nSPS) is 17.9. The van der Waals surface area contributed by atoms with Crippen molar-refractivity contribution in [3.05, 3.63) is 0 Å². The van der Waals surface area contributed by atoms with E-state index in [0.717, 1.165) is 32.1 Å². The first-order valence-electron chi connectivity index (χ1n) is 5.94. The van der Waals surface area contributed by atoms with E-state index in [9.17, 15) is 0 Å². The van der Waals surface area contributed by atoms with Crippen molar-refractivity contribution in [2.45, 2.75) is 26.2 Å². The quantitative estimate of drug-likeness (QED) is 0.502. The van der Waals surface area contributed by atoms with Crippen LogP contribution in [-0.2, 0) is 0 Å². The van der Waals surface area contributed by atoms with Gasteiger partial charge < -0.3 is 16.0 Å². The van der Waals surface area contributed by atoms with Gasteiger partial charge in [-0.25, -0.2) is 0 Å². The number of nitrogens with two attached hydrogens (primary N) is 1. The van der Waals surface area contributed by atoms with Crippen molar-refractivity contribution in [1.82, 2.24) is 10.2 Å². The average molecular weight is 212 g/mol. The van der Waals surface area contributed by atoms with Crippen molar-refractivity contribution in [2.24, 2.45) is 16.6 Å². The van der Waals surface area contributed by atoms with Crippen LogP contribution in [0, 0.1) is 5.92 Å². The van der Waals surface area contributed by atoms with Gasteiger partial charge in [-0.05, 0) is 32.4 Å². The number of hydrogen-bond donors (Lipinski definition) is 2. The second-order valence-electron chi connectivity index (χ2n) is 4.35. The maximum atomic E-state index is 5.75. The van der Waals surface area contributed by atoms with Crippen LogP contribution in [0.15, 0.2) is 4.99 Å². The van der Waals surface area contributed by atoms with Crippen LogP contribution in [-0.4, -0.2) is 44.1 Å². The molecule has 15 heavy (non-hydrogen) atoms. The Hall–Kier alpha value is -0.770. The number of nitrogens with one attached hydrogen (secondary N) is 1. The molecule has 0 aromatic carbocycles. The highest BCUT2D eigenvalue weighted by atomic mass is 15.1.